The van der Waals surface area contributed by atoms with Gasteiger partial charge in [-0.25, -0.2) is 4.39 Å². The number of amides is 2. The monoisotopic (exact) mass is 419 g/mol. The van der Waals surface area contributed by atoms with E-state index in [1.54, 1.807) is 29.2 Å². The molecule has 8 heteroatoms. The third kappa shape index (κ3) is 6.73. The van der Waals surface area contributed by atoms with Gasteiger partial charge in [-0.3, -0.25) is 14.5 Å². The first-order valence-corrected chi connectivity index (χ1v) is 9.81. The van der Waals surface area contributed by atoms with Crippen molar-refractivity contribution >= 4 is 29.1 Å². The highest BCUT2D eigenvalue weighted by Crippen LogP contribution is 2.14. The summed E-state index contributed by atoms with van der Waals surface area (Å²) in [6.07, 6.45) is 0.379. The number of halogens is 2. The smallest absolute Gasteiger partial charge is 0.260 e. The number of piperazine rings is 1. The van der Waals surface area contributed by atoms with E-state index >= 15 is 0 Å². The van der Waals surface area contributed by atoms with Crippen LogP contribution in [0, 0.1) is 5.82 Å². The molecular formula is C21H23ClFN3O3. The minimum atomic E-state index is -0.346. The maximum Gasteiger partial charge on any atom is 0.260 e. The van der Waals surface area contributed by atoms with Crippen LogP contribution in [-0.4, -0.2) is 60.9 Å². The number of hydrogen-bond donors (Lipinski definition) is 1. The predicted molar refractivity (Wildman–Crippen MR) is 110 cm³/mol. The zero-order valence-corrected chi connectivity index (χ0v) is 16.7. The number of rotatable bonds is 7. The Morgan fingerprint density at radius 1 is 1.00 bits per heavy atom. The fourth-order valence-electron chi connectivity index (χ4n) is 3.00. The largest absolute Gasteiger partial charge is 0.484 e. The molecule has 6 nitrogen and oxygen atoms in total. The minimum Gasteiger partial charge on any atom is -0.484 e. The van der Waals surface area contributed by atoms with Crippen molar-refractivity contribution in [3.05, 3.63) is 59.4 Å². The van der Waals surface area contributed by atoms with E-state index in [4.69, 9.17) is 16.3 Å². The molecule has 1 N–H and O–H groups in total. The number of nitrogens with zero attached hydrogens (tertiary/aromatic N) is 2. The van der Waals surface area contributed by atoms with Crippen molar-refractivity contribution < 1.29 is 18.7 Å². The van der Waals surface area contributed by atoms with Crippen molar-refractivity contribution in [2.24, 2.45) is 0 Å². The molecule has 0 spiro atoms. The van der Waals surface area contributed by atoms with E-state index in [0.717, 1.165) is 5.69 Å². The molecule has 0 aliphatic carbocycles. The van der Waals surface area contributed by atoms with Crippen LogP contribution in [0.25, 0.3) is 0 Å². The van der Waals surface area contributed by atoms with Gasteiger partial charge in [-0.2, -0.15) is 0 Å². The summed E-state index contributed by atoms with van der Waals surface area (Å²) in [6, 6.07) is 12.6. The first-order valence-electron chi connectivity index (χ1n) is 9.43. The van der Waals surface area contributed by atoms with Crippen molar-refractivity contribution in [1.82, 2.24) is 9.80 Å². The number of carbonyl (C=O) groups excluding carboxylic acids is 2. The van der Waals surface area contributed by atoms with Gasteiger partial charge in [-0.15, -0.1) is 0 Å². The maximum absolute atomic E-state index is 12.9. The Labute approximate surface area is 174 Å². The molecule has 1 saturated heterocycles. The second-order valence-electron chi connectivity index (χ2n) is 6.77. The number of nitrogens with one attached hydrogen (secondary N) is 1. The van der Waals surface area contributed by atoms with Gasteiger partial charge in [0, 0.05) is 49.9 Å². The Kier molecular flexibility index (Phi) is 7.43. The van der Waals surface area contributed by atoms with Crippen LogP contribution in [-0.2, 0) is 9.59 Å². The Morgan fingerprint density at radius 3 is 2.31 bits per heavy atom. The standard InChI is InChI=1S/C21H23ClFN3O3/c22-16-1-5-18(6-2-16)24-20(27)9-10-25-11-13-26(14-12-25)21(28)15-29-19-7-3-17(23)4-8-19/h1-8H,9-15H2,(H,24,27). The van der Waals surface area contributed by atoms with E-state index in [1.807, 2.05) is 0 Å². The fourth-order valence-corrected chi connectivity index (χ4v) is 3.13. The normalized spacial score (nSPS) is 14.5. The highest BCUT2D eigenvalue weighted by atomic mass is 35.5. The van der Waals surface area contributed by atoms with Gasteiger partial charge in [0.05, 0.1) is 0 Å². The molecule has 0 saturated carbocycles. The zero-order chi connectivity index (χ0) is 20.6. The third-order valence-corrected chi connectivity index (χ3v) is 4.94. The topological polar surface area (TPSA) is 61.9 Å². The molecule has 0 unspecified atom stereocenters. The number of ether oxygens (including phenoxy) is 1. The Balaban J connectivity index is 1.34. The summed E-state index contributed by atoms with van der Waals surface area (Å²) < 4.78 is 18.3. The van der Waals surface area contributed by atoms with Gasteiger partial charge in [0.2, 0.25) is 5.91 Å². The molecule has 29 heavy (non-hydrogen) atoms. The van der Waals surface area contributed by atoms with Crippen LogP contribution in [0.2, 0.25) is 5.02 Å². The minimum absolute atomic E-state index is 0.0569. The number of anilines is 1. The van der Waals surface area contributed by atoms with Gasteiger partial charge >= 0.3 is 0 Å². The van der Waals surface area contributed by atoms with Crippen molar-refractivity contribution in [1.29, 1.82) is 0 Å². The molecule has 0 atom stereocenters. The van der Waals surface area contributed by atoms with Gasteiger partial charge in [-0.05, 0) is 48.5 Å². The lowest BCUT2D eigenvalue weighted by Crippen LogP contribution is -2.50. The van der Waals surface area contributed by atoms with E-state index in [1.165, 1.54) is 24.3 Å². The van der Waals surface area contributed by atoms with Crippen LogP contribution in [0.1, 0.15) is 6.42 Å². The van der Waals surface area contributed by atoms with Gasteiger partial charge < -0.3 is 15.0 Å². The molecule has 1 fully saturated rings. The lowest BCUT2D eigenvalue weighted by Gasteiger charge is -2.34. The summed E-state index contributed by atoms with van der Waals surface area (Å²) in [5, 5.41) is 3.47. The van der Waals surface area contributed by atoms with Crippen molar-refractivity contribution in [3.63, 3.8) is 0 Å². The van der Waals surface area contributed by atoms with Crippen LogP contribution in [0.3, 0.4) is 0 Å². The molecule has 1 aliphatic heterocycles. The highest BCUT2D eigenvalue weighted by Gasteiger charge is 2.21. The molecule has 3 rings (SSSR count). The van der Waals surface area contributed by atoms with Gasteiger partial charge in [0.15, 0.2) is 6.61 Å². The quantitative estimate of drug-likeness (QED) is 0.749. The molecule has 1 aliphatic rings. The van der Waals surface area contributed by atoms with E-state index in [0.29, 0.717) is 49.9 Å². The van der Waals surface area contributed by atoms with Crippen LogP contribution in [0.4, 0.5) is 10.1 Å². The molecule has 1 heterocycles. The predicted octanol–water partition coefficient (Wildman–Crippen LogP) is 3.03. The number of benzene rings is 2. The van der Waals surface area contributed by atoms with E-state index in [-0.39, 0.29) is 24.2 Å². The second kappa shape index (κ2) is 10.2. The Morgan fingerprint density at radius 2 is 1.66 bits per heavy atom. The summed E-state index contributed by atoms with van der Waals surface area (Å²) in [4.78, 5) is 28.3. The number of hydrogen-bond acceptors (Lipinski definition) is 4. The first-order chi connectivity index (χ1) is 14.0. The maximum atomic E-state index is 12.9. The summed E-state index contributed by atoms with van der Waals surface area (Å²) >= 11 is 5.83. The molecule has 2 amide bonds. The van der Waals surface area contributed by atoms with Crippen LogP contribution in [0.5, 0.6) is 5.75 Å². The van der Waals surface area contributed by atoms with Crippen molar-refractivity contribution in [2.45, 2.75) is 6.42 Å². The molecule has 154 valence electrons. The third-order valence-electron chi connectivity index (χ3n) is 4.68. The average Bonchev–Trinajstić information content (AvgIpc) is 2.74. The lowest BCUT2D eigenvalue weighted by atomic mass is 10.2. The average molecular weight is 420 g/mol. The molecule has 2 aromatic carbocycles. The summed E-state index contributed by atoms with van der Waals surface area (Å²) in [6.45, 7) is 3.14. The van der Waals surface area contributed by atoms with E-state index < -0.39 is 0 Å². The Hall–Kier alpha value is -2.64. The Bertz CT molecular complexity index is 822. The molecule has 0 radical (unpaired) electrons. The van der Waals surface area contributed by atoms with Gasteiger partial charge in [0.25, 0.3) is 5.91 Å². The van der Waals surface area contributed by atoms with Crippen LogP contribution in [0.15, 0.2) is 48.5 Å². The zero-order valence-electron chi connectivity index (χ0n) is 15.9. The summed E-state index contributed by atoms with van der Waals surface area (Å²) in [5.74, 6) is -0.0419. The second-order valence-corrected chi connectivity index (χ2v) is 7.21. The lowest BCUT2D eigenvalue weighted by molar-refractivity contribution is -0.135. The summed E-state index contributed by atoms with van der Waals surface area (Å²) in [7, 11) is 0. The van der Waals surface area contributed by atoms with Gasteiger partial charge in [-0.1, -0.05) is 11.6 Å². The number of carbonyl (C=O) groups is 2. The molecule has 0 aromatic heterocycles. The molecular weight excluding hydrogens is 397 g/mol. The van der Waals surface area contributed by atoms with E-state index in [2.05, 4.69) is 10.2 Å². The molecule has 0 bridgehead atoms. The molecule has 2 aromatic rings. The van der Waals surface area contributed by atoms with Gasteiger partial charge in [0.1, 0.15) is 11.6 Å². The van der Waals surface area contributed by atoms with Crippen molar-refractivity contribution in [2.75, 3.05) is 44.6 Å². The van der Waals surface area contributed by atoms with Crippen molar-refractivity contribution in [3.8, 4) is 5.75 Å². The summed E-state index contributed by atoms with van der Waals surface area (Å²) in [5.41, 5.74) is 0.718. The highest BCUT2D eigenvalue weighted by molar-refractivity contribution is 6.30. The van der Waals surface area contributed by atoms with Crippen LogP contribution >= 0.6 is 11.6 Å². The van der Waals surface area contributed by atoms with Crippen LogP contribution < -0.4 is 10.1 Å². The first kappa shape index (κ1) is 21.1. The fraction of sp³-hybridized carbons (Fsp3) is 0.333. The van der Waals surface area contributed by atoms with E-state index in [9.17, 15) is 14.0 Å². The SMILES string of the molecule is O=C(CCN1CCN(C(=O)COc2ccc(F)cc2)CC1)Nc1ccc(Cl)cc1.